The second-order valence-electron chi connectivity index (χ2n) is 5.87. The van der Waals surface area contributed by atoms with Crippen LogP contribution in [-0.2, 0) is 6.54 Å². The first kappa shape index (κ1) is 13.5. The topological polar surface area (TPSA) is 29.9 Å². The van der Waals surface area contributed by atoms with Crippen LogP contribution in [-0.4, -0.2) is 15.6 Å². The van der Waals surface area contributed by atoms with E-state index in [1.165, 1.54) is 25.2 Å². The highest BCUT2D eigenvalue weighted by atomic mass is 19.3. The molecule has 0 spiro atoms. The van der Waals surface area contributed by atoms with Crippen molar-refractivity contribution in [1.29, 1.82) is 0 Å². The van der Waals surface area contributed by atoms with Gasteiger partial charge in [0.05, 0.1) is 6.54 Å². The summed E-state index contributed by atoms with van der Waals surface area (Å²) >= 11 is 0. The molecule has 2 rings (SSSR count). The molecule has 3 nitrogen and oxygen atoms in total. The molecule has 1 aliphatic rings. The average Bonchev–Trinajstić information content (AvgIpc) is 2.73. The first-order valence-corrected chi connectivity index (χ1v) is 6.51. The number of nitrogens with zero attached hydrogens (tertiary/aromatic N) is 2. The van der Waals surface area contributed by atoms with Crippen LogP contribution < -0.4 is 5.32 Å². The molecule has 5 heteroatoms. The Balaban J connectivity index is 1.89. The second kappa shape index (κ2) is 5.34. The first-order chi connectivity index (χ1) is 8.48. The monoisotopic (exact) mass is 257 g/mol. The Labute approximate surface area is 107 Å². The predicted molar refractivity (Wildman–Crippen MR) is 66.4 cm³/mol. The Hall–Kier alpha value is -0.970. The third kappa shape index (κ3) is 3.28. The smallest absolute Gasteiger partial charge is 0.307 e. The van der Waals surface area contributed by atoms with Crippen LogP contribution in [0.2, 0.25) is 0 Å². The number of rotatable bonds is 4. The van der Waals surface area contributed by atoms with E-state index < -0.39 is 6.55 Å². The van der Waals surface area contributed by atoms with Crippen molar-refractivity contribution >= 4 is 0 Å². The quantitative estimate of drug-likeness (QED) is 0.896. The molecule has 1 heterocycles. The van der Waals surface area contributed by atoms with Gasteiger partial charge in [0, 0.05) is 18.4 Å². The van der Waals surface area contributed by atoms with Gasteiger partial charge in [0.1, 0.15) is 5.82 Å². The lowest BCUT2D eigenvalue weighted by Crippen LogP contribution is -2.37. The van der Waals surface area contributed by atoms with Gasteiger partial charge in [-0.1, -0.05) is 20.3 Å². The van der Waals surface area contributed by atoms with Crippen LogP contribution in [0.25, 0.3) is 0 Å². The van der Waals surface area contributed by atoms with Gasteiger partial charge in [-0.2, -0.15) is 8.78 Å². The summed E-state index contributed by atoms with van der Waals surface area (Å²) in [5.74, 6) is 0.411. The maximum absolute atomic E-state index is 12.6. The molecule has 1 fully saturated rings. The molecule has 1 aliphatic carbocycles. The molecule has 1 saturated carbocycles. The summed E-state index contributed by atoms with van der Waals surface area (Å²) < 4.78 is 26.2. The van der Waals surface area contributed by atoms with Crippen molar-refractivity contribution in [3.8, 4) is 0 Å². The van der Waals surface area contributed by atoms with Crippen molar-refractivity contribution in [3.05, 3.63) is 18.2 Å². The van der Waals surface area contributed by atoms with Crippen LogP contribution in [0.4, 0.5) is 8.78 Å². The van der Waals surface area contributed by atoms with Crippen LogP contribution in [0, 0.1) is 5.41 Å². The molecule has 1 unspecified atom stereocenters. The molecule has 18 heavy (non-hydrogen) atoms. The van der Waals surface area contributed by atoms with Gasteiger partial charge in [-0.15, -0.1) is 0 Å². The first-order valence-electron chi connectivity index (χ1n) is 6.51. The Kier molecular flexibility index (Phi) is 4.00. The third-order valence-electron chi connectivity index (χ3n) is 3.71. The fourth-order valence-corrected chi connectivity index (χ4v) is 2.77. The summed E-state index contributed by atoms with van der Waals surface area (Å²) in [6.07, 6.45) is 7.42. The largest absolute Gasteiger partial charge is 0.319 e. The minimum absolute atomic E-state index is 0.355. The molecule has 0 aromatic carbocycles. The van der Waals surface area contributed by atoms with E-state index in [0.29, 0.717) is 23.8 Å². The van der Waals surface area contributed by atoms with Crippen molar-refractivity contribution in [1.82, 2.24) is 14.9 Å². The number of hydrogen-bond acceptors (Lipinski definition) is 2. The highest BCUT2D eigenvalue weighted by Crippen LogP contribution is 2.35. The zero-order valence-corrected chi connectivity index (χ0v) is 11.0. The number of nitrogens with one attached hydrogen (secondary N) is 1. The van der Waals surface area contributed by atoms with E-state index in [2.05, 4.69) is 24.1 Å². The lowest BCUT2D eigenvalue weighted by atomic mass is 9.75. The van der Waals surface area contributed by atoms with Crippen LogP contribution >= 0.6 is 0 Å². The molecule has 1 N–H and O–H groups in total. The van der Waals surface area contributed by atoms with Crippen LogP contribution in [0.15, 0.2) is 12.4 Å². The highest BCUT2D eigenvalue weighted by Gasteiger charge is 2.27. The number of hydrogen-bond donors (Lipinski definition) is 1. The van der Waals surface area contributed by atoms with E-state index >= 15 is 0 Å². The summed E-state index contributed by atoms with van der Waals surface area (Å²) in [4.78, 5) is 3.98. The number of alkyl halides is 2. The maximum Gasteiger partial charge on any atom is 0.319 e. The van der Waals surface area contributed by atoms with E-state index in [9.17, 15) is 8.78 Å². The Morgan fingerprint density at radius 1 is 1.56 bits per heavy atom. The molecule has 0 bridgehead atoms. The van der Waals surface area contributed by atoms with Crippen LogP contribution in [0.5, 0.6) is 0 Å². The van der Waals surface area contributed by atoms with Gasteiger partial charge >= 0.3 is 6.55 Å². The van der Waals surface area contributed by atoms with Gasteiger partial charge < -0.3 is 5.32 Å². The fourth-order valence-electron chi connectivity index (χ4n) is 2.77. The Morgan fingerprint density at radius 2 is 2.33 bits per heavy atom. The van der Waals surface area contributed by atoms with E-state index in [1.54, 1.807) is 0 Å². The lowest BCUT2D eigenvalue weighted by molar-refractivity contribution is 0.0661. The standard InChI is InChI=1S/C13H21F2N3/c1-13(2)5-3-4-10(8-13)17-9-11-16-6-7-18(11)12(14)15/h6-7,10,12,17H,3-5,8-9H2,1-2H3. The van der Waals surface area contributed by atoms with E-state index in [-0.39, 0.29) is 0 Å². The molecule has 1 atom stereocenters. The van der Waals surface area contributed by atoms with Crippen molar-refractivity contribution < 1.29 is 8.78 Å². The van der Waals surface area contributed by atoms with E-state index in [0.717, 1.165) is 17.4 Å². The molecular formula is C13H21F2N3. The SMILES string of the molecule is CC1(C)CCCC(NCc2nccn2C(F)F)C1. The number of aromatic nitrogens is 2. The third-order valence-corrected chi connectivity index (χ3v) is 3.71. The second-order valence-corrected chi connectivity index (χ2v) is 5.87. The minimum atomic E-state index is -2.51. The molecule has 0 aliphatic heterocycles. The molecule has 0 amide bonds. The van der Waals surface area contributed by atoms with Gasteiger partial charge in [-0.05, 0) is 24.7 Å². The van der Waals surface area contributed by atoms with Crippen molar-refractivity contribution in [3.63, 3.8) is 0 Å². The molecule has 0 saturated heterocycles. The fraction of sp³-hybridized carbons (Fsp3) is 0.769. The average molecular weight is 257 g/mol. The predicted octanol–water partition coefficient (Wildman–Crippen LogP) is 3.34. The van der Waals surface area contributed by atoms with Gasteiger partial charge in [0.25, 0.3) is 0 Å². The van der Waals surface area contributed by atoms with Crippen molar-refractivity contribution in [2.24, 2.45) is 5.41 Å². The Morgan fingerprint density at radius 3 is 3.00 bits per heavy atom. The highest BCUT2D eigenvalue weighted by molar-refractivity contribution is 4.93. The lowest BCUT2D eigenvalue weighted by Gasteiger charge is -2.35. The van der Waals surface area contributed by atoms with Crippen LogP contribution in [0.1, 0.15) is 51.9 Å². The molecule has 0 radical (unpaired) electrons. The van der Waals surface area contributed by atoms with Gasteiger partial charge in [-0.25, -0.2) is 4.98 Å². The van der Waals surface area contributed by atoms with E-state index in [1.807, 2.05) is 0 Å². The molecular weight excluding hydrogens is 236 g/mol. The van der Waals surface area contributed by atoms with Crippen molar-refractivity contribution in [2.75, 3.05) is 0 Å². The van der Waals surface area contributed by atoms with Gasteiger partial charge in [0.2, 0.25) is 0 Å². The summed E-state index contributed by atoms with van der Waals surface area (Å²) in [6, 6.07) is 0.413. The minimum Gasteiger partial charge on any atom is -0.307 e. The molecule has 1 aromatic rings. The van der Waals surface area contributed by atoms with E-state index in [4.69, 9.17) is 0 Å². The van der Waals surface area contributed by atoms with Crippen molar-refractivity contribution in [2.45, 2.75) is 58.7 Å². The summed E-state index contributed by atoms with van der Waals surface area (Å²) in [5.41, 5.74) is 0.355. The van der Waals surface area contributed by atoms with Gasteiger partial charge in [-0.3, -0.25) is 4.57 Å². The zero-order valence-electron chi connectivity index (χ0n) is 11.0. The van der Waals surface area contributed by atoms with Crippen LogP contribution in [0.3, 0.4) is 0 Å². The molecule has 102 valence electrons. The normalized spacial score (nSPS) is 23.5. The number of imidazole rings is 1. The summed E-state index contributed by atoms with van der Waals surface area (Å²) in [5, 5.41) is 3.36. The molecule has 1 aromatic heterocycles. The number of halogens is 2. The summed E-state index contributed by atoms with van der Waals surface area (Å²) in [6.45, 7) is 2.44. The zero-order chi connectivity index (χ0) is 13.2. The Bertz CT molecular complexity index is 387. The maximum atomic E-state index is 12.6. The summed E-state index contributed by atoms with van der Waals surface area (Å²) in [7, 11) is 0. The van der Waals surface area contributed by atoms with Gasteiger partial charge in [0.15, 0.2) is 0 Å².